The number of rotatable bonds is 7. The summed E-state index contributed by atoms with van der Waals surface area (Å²) in [6.45, 7) is 20.0. The molecule has 1 heterocycles. The summed E-state index contributed by atoms with van der Waals surface area (Å²) in [7, 11) is -2.89. The quantitative estimate of drug-likeness (QED) is 0.273. The second-order valence-electron chi connectivity index (χ2n) is 19.5. The highest BCUT2D eigenvalue weighted by Gasteiger charge is 2.71. The van der Waals surface area contributed by atoms with Crippen molar-refractivity contribution >= 4 is 21.4 Å². The summed E-state index contributed by atoms with van der Waals surface area (Å²) >= 11 is 0. The Morgan fingerprint density at radius 3 is 2.22 bits per heavy atom. The number of benzene rings is 1. The average Bonchev–Trinajstić information content (AvgIpc) is 3.42. The Morgan fingerprint density at radius 1 is 0.900 bits per heavy atom. The van der Waals surface area contributed by atoms with E-state index < -0.39 is 21.4 Å². The fourth-order valence-electron chi connectivity index (χ4n) is 14.0. The maximum absolute atomic E-state index is 12.0. The van der Waals surface area contributed by atoms with Crippen LogP contribution >= 0.6 is 0 Å². The number of fused-ring (bicyclic) bond motifs is 7. The molecular weight excluding hydrogens is 645 g/mol. The van der Waals surface area contributed by atoms with E-state index in [2.05, 4.69) is 64.8 Å². The predicted octanol–water partition coefficient (Wildman–Crippen LogP) is 7.30. The number of aromatic carboxylic acids is 1. The summed E-state index contributed by atoms with van der Waals surface area (Å²) in [6.07, 6.45) is 13.0. The zero-order valence-electron chi connectivity index (χ0n) is 31.9. The van der Waals surface area contributed by atoms with Gasteiger partial charge in [0.2, 0.25) is 0 Å². The highest BCUT2D eigenvalue weighted by molar-refractivity contribution is 7.91. The normalized spacial score (nSPS) is 42.4. The Labute approximate surface area is 302 Å². The number of allylic oxidation sites excluding steroid dienone is 2. The van der Waals surface area contributed by atoms with Crippen LogP contribution in [-0.2, 0) is 9.84 Å². The standard InChI is InChI=1S/C42H64N2O5S/c1-37(2)30(28-8-10-29(11-9-28)36(45)46)14-17-39(5)33(37)16-18-41(7)34(39)13-12-32-35-31(38(3,4)47)15-19-42(35,21-20-40(32,41)6)43-22-23-44-24-26-50(48,49)27-25-44/h8-11,14,31-35,43,47H,12-13,15-27H2,1-7H3,(H,45,46). The smallest absolute Gasteiger partial charge is 0.335 e. The van der Waals surface area contributed by atoms with Gasteiger partial charge in [0.15, 0.2) is 9.84 Å². The molecule has 0 spiro atoms. The summed E-state index contributed by atoms with van der Waals surface area (Å²) in [5, 5.41) is 25.3. The molecule has 4 saturated carbocycles. The lowest BCUT2D eigenvalue weighted by Gasteiger charge is -2.72. The Bertz CT molecular complexity index is 1620. The number of carbonyl (C=O) groups is 1. The van der Waals surface area contributed by atoms with Crippen molar-refractivity contribution in [1.29, 1.82) is 0 Å². The second kappa shape index (κ2) is 12.1. The van der Waals surface area contributed by atoms with E-state index >= 15 is 0 Å². The molecule has 1 aromatic carbocycles. The van der Waals surface area contributed by atoms with E-state index in [9.17, 15) is 23.4 Å². The highest BCUT2D eigenvalue weighted by Crippen LogP contribution is 2.76. The van der Waals surface area contributed by atoms with Crippen LogP contribution in [0.15, 0.2) is 30.3 Å². The zero-order valence-corrected chi connectivity index (χ0v) is 32.7. The Balaban J connectivity index is 1.16. The lowest BCUT2D eigenvalue weighted by molar-refractivity contribution is -0.225. The number of hydrogen-bond donors (Lipinski definition) is 3. The van der Waals surface area contributed by atoms with Crippen molar-refractivity contribution in [3.63, 3.8) is 0 Å². The number of nitrogens with one attached hydrogen (secondary N) is 1. The minimum atomic E-state index is -2.89. The minimum Gasteiger partial charge on any atom is -0.478 e. The maximum Gasteiger partial charge on any atom is 0.335 e. The molecule has 1 aliphatic heterocycles. The van der Waals surface area contributed by atoms with Gasteiger partial charge in [-0.05, 0) is 146 Å². The third kappa shape index (κ3) is 5.58. The largest absolute Gasteiger partial charge is 0.478 e. The summed E-state index contributed by atoms with van der Waals surface area (Å²) in [6, 6.07) is 7.53. The molecule has 5 aliphatic carbocycles. The number of nitrogens with zero attached hydrogens (tertiary/aromatic N) is 1. The summed E-state index contributed by atoms with van der Waals surface area (Å²) in [5.74, 6) is 2.09. The number of carboxylic acids is 1. The molecule has 1 saturated heterocycles. The van der Waals surface area contributed by atoms with Crippen LogP contribution in [0.25, 0.3) is 5.57 Å². The summed E-state index contributed by atoms with van der Waals surface area (Å²) in [5.41, 5.74) is 2.75. The number of hydrogen-bond acceptors (Lipinski definition) is 6. The molecule has 0 bridgehead atoms. The van der Waals surface area contributed by atoms with E-state index in [1.807, 2.05) is 12.1 Å². The van der Waals surface area contributed by atoms with E-state index in [0.29, 0.717) is 42.3 Å². The molecule has 0 radical (unpaired) electrons. The van der Waals surface area contributed by atoms with Crippen molar-refractivity contribution in [1.82, 2.24) is 10.2 Å². The van der Waals surface area contributed by atoms with Crippen LogP contribution in [0.1, 0.15) is 122 Å². The topological polar surface area (TPSA) is 107 Å². The highest BCUT2D eigenvalue weighted by atomic mass is 32.2. The first-order valence-corrected chi connectivity index (χ1v) is 21.5. The number of aliphatic hydroxyl groups is 1. The van der Waals surface area contributed by atoms with Gasteiger partial charge in [0, 0.05) is 31.7 Å². The van der Waals surface area contributed by atoms with Gasteiger partial charge in [0.1, 0.15) is 0 Å². The molecule has 9 atom stereocenters. The van der Waals surface area contributed by atoms with Crippen LogP contribution in [0.2, 0.25) is 0 Å². The van der Waals surface area contributed by atoms with Gasteiger partial charge in [-0.15, -0.1) is 0 Å². The average molecular weight is 709 g/mol. The van der Waals surface area contributed by atoms with Crippen LogP contribution in [0.5, 0.6) is 0 Å². The van der Waals surface area contributed by atoms with E-state index in [1.165, 1.54) is 37.7 Å². The van der Waals surface area contributed by atoms with Gasteiger partial charge in [-0.3, -0.25) is 0 Å². The Kier molecular flexibility index (Phi) is 8.89. The molecule has 50 heavy (non-hydrogen) atoms. The molecule has 6 aliphatic rings. The molecule has 7 nitrogen and oxygen atoms in total. The van der Waals surface area contributed by atoms with Crippen LogP contribution < -0.4 is 5.32 Å². The first-order valence-electron chi connectivity index (χ1n) is 19.7. The van der Waals surface area contributed by atoms with E-state index in [-0.39, 0.29) is 44.6 Å². The van der Waals surface area contributed by atoms with Crippen molar-refractivity contribution in [3.05, 3.63) is 41.5 Å². The van der Waals surface area contributed by atoms with E-state index in [0.717, 1.165) is 44.3 Å². The van der Waals surface area contributed by atoms with Crippen molar-refractivity contribution in [2.24, 2.45) is 51.2 Å². The Morgan fingerprint density at radius 2 is 1.58 bits per heavy atom. The molecule has 8 heteroatoms. The number of sulfone groups is 1. The van der Waals surface area contributed by atoms with Crippen LogP contribution in [-0.4, -0.2) is 78.3 Å². The predicted molar refractivity (Wildman–Crippen MR) is 201 cm³/mol. The minimum absolute atomic E-state index is 0.0154. The maximum atomic E-state index is 12.0. The molecule has 1 aromatic rings. The number of carboxylic acid groups (broad SMARTS) is 1. The molecule has 0 aromatic heterocycles. The van der Waals surface area contributed by atoms with Crippen LogP contribution in [0.3, 0.4) is 0 Å². The van der Waals surface area contributed by atoms with Crippen LogP contribution in [0.4, 0.5) is 0 Å². The fourth-order valence-corrected chi connectivity index (χ4v) is 15.3. The van der Waals surface area contributed by atoms with Crippen molar-refractivity contribution in [3.8, 4) is 0 Å². The van der Waals surface area contributed by atoms with Gasteiger partial charge in [-0.1, -0.05) is 52.8 Å². The molecule has 5 fully saturated rings. The van der Waals surface area contributed by atoms with Gasteiger partial charge in [-0.2, -0.15) is 0 Å². The molecular formula is C42H64N2O5S. The SMILES string of the molecule is CC(C)(O)C1CCC2(NCCN3CCS(=O)(=O)CC3)CCC3(C)C(CCC4C5(C)CC=C(c6ccc(C(=O)O)cc6)C(C)(C)C5CCC43C)C12. The fraction of sp³-hybridized carbons (Fsp3) is 0.786. The third-order valence-electron chi connectivity index (χ3n) is 16.7. The second-order valence-corrected chi connectivity index (χ2v) is 21.8. The van der Waals surface area contributed by atoms with Crippen LogP contribution in [0, 0.1) is 51.2 Å². The first kappa shape index (κ1) is 36.6. The van der Waals surface area contributed by atoms with Gasteiger partial charge < -0.3 is 20.4 Å². The first-order chi connectivity index (χ1) is 23.3. The van der Waals surface area contributed by atoms with Gasteiger partial charge in [-0.25, -0.2) is 13.2 Å². The molecule has 9 unspecified atom stereocenters. The lowest BCUT2D eigenvalue weighted by Crippen LogP contribution is -2.68. The third-order valence-corrected chi connectivity index (χ3v) is 18.3. The van der Waals surface area contributed by atoms with Crippen molar-refractivity contribution in [2.75, 3.05) is 37.7 Å². The molecule has 7 rings (SSSR count). The van der Waals surface area contributed by atoms with Gasteiger partial charge in [0.25, 0.3) is 0 Å². The molecule has 3 N–H and O–H groups in total. The Hall–Kier alpha value is -1.74. The lowest BCUT2D eigenvalue weighted by atomic mass is 9.32. The van der Waals surface area contributed by atoms with E-state index in [1.54, 1.807) is 12.1 Å². The monoisotopic (exact) mass is 708 g/mol. The summed E-state index contributed by atoms with van der Waals surface area (Å²) < 4.78 is 24.1. The van der Waals surface area contributed by atoms with Gasteiger partial charge in [0.05, 0.1) is 22.7 Å². The van der Waals surface area contributed by atoms with Crippen molar-refractivity contribution < 1.29 is 23.4 Å². The molecule has 0 amide bonds. The van der Waals surface area contributed by atoms with E-state index in [4.69, 9.17) is 0 Å². The molecule has 278 valence electrons. The van der Waals surface area contributed by atoms with Gasteiger partial charge >= 0.3 is 5.97 Å². The zero-order chi connectivity index (χ0) is 36.1. The van der Waals surface area contributed by atoms with Crippen molar-refractivity contribution in [2.45, 2.75) is 117 Å². The summed E-state index contributed by atoms with van der Waals surface area (Å²) in [4.78, 5) is 13.9.